The Balaban J connectivity index is 3.09. The fraction of sp³-hybridized carbons (Fsp3) is 0.923. The van der Waals surface area contributed by atoms with Gasteiger partial charge in [-0.25, -0.2) is 0 Å². The minimum atomic E-state index is -0.979. The molecule has 1 atom stereocenters. The first-order valence-corrected chi connectivity index (χ1v) is 13.3. The Labute approximate surface area is 191 Å². The van der Waals surface area contributed by atoms with E-state index in [9.17, 15) is 9.59 Å². The van der Waals surface area contributed by atoms with Crippen LogP contribution in [-0.4, -0.2) is 28.6 Å². The molecule has 0 aliphatic rings. The van der Waals surface area contributed by atoms with Gasteiger partial charge in [-0.15, -0.1) is 0 Å². The van der Waals surface area contributed by atoms with Gasteiger partial charge in [-0.1, -0.05) is 128 Å². The van der Waals surface area contributed by atoms with Gasteiger partial charge in [0.25, 0.3) is 0 Å². The quantitative estimate of drug-likeness (QED) is 0.0731. The third kappa shape index (κ3) is 23.5. The van der Waals surface area contributed by atoms with E-state index < -0.39 is 12.0 Å². The van der Waals surface area contributed by atoms with E-state index >= 15 is 0 Å². The number of carbonyl (C=O) groups excluding carboxylic acids is 1. The number of aldehydes is 1. The fourth-order valence-electron chi connectivity index (χ4n) is 4.18. The molecule has 3 N–H and O–H groups in total. The van der Waals surface area contributed by atoms with Crippen molar-refractivity contribution in [2.75, 3.05) is 0 Å². The Hall–Kier alpha value is -0.940. The van der Waals surface area contributed by atoms with Gasteiger partial charge in [0.15, 0.2) is 0 Å². The molecule has 184 valence electrons. The first kappa shape index (κ1) is 30.1. The molecular formula is C26H51NO4. The summed E-state index contributed by atoms with van der Waals surface area (Å²) in [5.41, 5.74) is 1.86. The molecule has 0 fully saturated rings. The van der Waals surface area contributed by atoms with Crippen molar-refractivity contribution in [2.45, 2.75) is 154 Å². The minimum absolute atomic E-state index is 0.496. The molecular weight excluding hydrogens is 390 g/mol. The largest absolute Gasteiger partial charge is 0.480 e. The van der Waals surface area contributed by atoms with Crippen LogP contribution in [-0.2, 0) is 9.59 Å². The molecule has 1 unspecified atom stereocenters. The summed E-state index contributed by atoms with van der Waals surface area (Å²) in [4.78, 5) is 21.0. The van der Waals surface area contributed by atoms with Crippen molar-refractivity contribution < 1.29 is 19.9 Å². The van der Waals surface area contributed by atoms with Crippen LogP contribution in [0.25, 0.3) is 0 Å². The molecule has 0 aromatic heterocycles. The van der Waals surface area contributed by atoms with E-state index in [1.54, 1.807) is 0 Å². The SMILES string of the molecule is O=CCCCCCCCCCCCCCCCCCCCCCCCC(NO)C(=O)O. The van der Waals surface area contributed by atoms with Crippen LogP contribution in [0.1, 0.15) is 148 Å². The average Bonchev–Trinajstić information content (AvgIpc) is 2.76. The highest BCUT2D eigenvalue weighted by molar-refractivity contribution is 5.73. The Bertz CT molecular complexity index is 390. The Morgan fingerprint density at radius 2 is 0.871 bits per heavy atom. The van der Waals surface area contributed by atoms with Crippen molar-refractivity contribution in [3.63, 3.8) is 0 Å². The van der Waals surface area contributed by atoms with Gasteiger partial charge in [-0.2, -0.15) is 5.48 Å². The first-order chi connectivity index (χ1) is 15.2. The summed E-state index contributed by atoms with van der Waals surface area (Å²) >= 11 is 0. The van der Waals surface area contributed by atoms with Gasteiger partial charge in [0.2, 0.25) is 0 Å². The first-order valence-electron chi connectivity index (χ1n) is 13.3. The van der Waals surface area contributed by atoms with Crippen LogP contribution in [0, 0.1) is 0 Å². The zero-order valence-electron chi connectivity index (χ0n) is 20.1. The standard InChI is InChI=1S/C26H51NO4/c28-24-22-20-18-16-14-12-10-8-6-4-2-1-3-5-7-9-11-13-15-17-19-21-23-25(27-31)26(29)30/h24-25,27,31H,1-23H2,(H,29,30). The number of nitrogens with one attached hydrogen (secondary N) is 1. The van der Waals surface area contributed by atoms with Crippen molar-refractivity contribution in [1.29, 1.82) is 0 Å². The van der Waals surface area contributed by atoms with Crippen LogP contribution in [0.15, 0.2) is 0 Å². The maximum absolute atomic E-state index is 10.8. The van der Waals surface area contributed by atoms with E-state index in [-0.39, 0.29) is 0 Å². The molecule has 0 aliphatic heterocycles. The van der Waals surface area contributed by atoms with Crippen molar-refractivity contribution >= 4 is 12.3 Å². The van der Waals surface area contributed by atoms with Gasteiger partial charge in [-0.05, 0) is 12.8 Å². The van der Waals surface area contributed by atoms with Crippen LogP contribution in [0.4, 0.5) is 0 Å². The summed E-state index contributed by atoms with van der Waals surface area (Å²) in [6, 6.07) is -0.818. The number of carboxylic acid groups (broad SMARTS) is 1. The fourth-order valence-corrected chi connectivity index (χ4v) is 4.18. The molecule has 0 saturated heterocycles. The maximum atomic E-state index is 10.8. The molecule has 0 aromatic rings. The molecule has 0 aromatic carbocycles. The zero-order valence-corrected chi connectivity index (χ0v) is 20.1. The van der Waals surface area contributed by atoms with E-state index in [1.165, 1.54) is 116 Å². The Morgan fingerprint density at radius 1 is 0.581 bits per heavy atom. The molecule has 0 heterocycles. The summed E-state index contributed by atoms with van der Waals surface area (Å²) in [6.45, 7) is 0. The van der Waals surface area contributed by atoms with Crippen molar-refractivity contribution in [1.82, 2.24) is 5.48 Å². The predicted octanol–water partition coefficient (Wildman–Crippen LogP) is 7.59. The number of hydrogen-bond donors (Lipinski definition) is 3. The molecule has 0 bridgehead atoms. The van der Waals surface area contributed by atoms with E-state index in [2.05, 4.69) is 0 Å². The number of aliphatic carboxylic acids is 1. The number of unbranched alkanes of at least 4 members (excludes halogenated alkanes) is 21. The van der Waals surface area contributed by atoms with Gasteiger partial charge in [0.05, 0.1) is 0 Å². The molecule has 0 radical (unpaired) electrons. The van der Waals surface area contributed by atoms with Crippen molar-refractivity contribution in [3.05, 3.63) is 0 Å². The normalized spacial score (nSPS) is 12.2. The maximum Gasteiger partial charge on any atom is 0.323 e. The molecule has 5 nitrogen and oxygen atoms in total. The summed E-state index contributed by atoms with van der Waals surface area (Å²) in [5, 5.41) is 17.6. The van der Waals surface area contributed by atoms with E-state index in [0.717, 1.165) is 32.0 Å². The summed E-state index contributed by atoms with van der Waals surface area (Å²) in [6.07, 6.45) is 29.4. The van der Waals surface area contributed by atoms with Crippen LogP contribution in [0.5, 0.6) is 0 Å². The highest BCUT2D eigenvalue weighted by atomic mass is 16.5. The van der Waals surface area contributed by atoms with Gasteiger partial charge >= 0.3 is 5.97 Å². The molecule has 0 rings (SSSR count). The number of carbonyl (C=O) groups is 2. The number of hydroxylamine groups is 1. The molecule has 0 spiro atoms. The van der Waals surface area contributed by atoms with Crippen molar-refractivity contribution in [3.8, 4) is 0 Å². The second-order valence-electron chi connectivity index (χ2n) is 9.19. The lowest BCUT2D eigenvalue weighted by Gasteiger charge is -2.09. The smallest absolute Gasteiger partial charge is 0.323 e. The van der Waals surface area contributed by atoms with Gasteiger partial charge in [0, 0.05) is 6.42 Å². The predicted molar refractivity (Wildman–Crippen MR) is 129 cm³/mol. The van der Waals surface area contributed by atoms with E-state index in [0.29, 0.717) is 6.42 Å². The Kier molecular flexibility index (Phi) is 24.6. The highest BCUT2D eigenvalue weighted by Gasteiger charge is 2.14. The van der Waals surface area contributed by atoms with Crippen LogP contribution < -0.4 is 5.48 Å². The number of carboxylic acids is 1. The third-order valence-electron chi connectivity index (χ3n) is 6.27. The molecule has 0 saturated carbocycles. The van der Waals surface area contributed by atoms with Crippen molar-refractivity contribution in [2.24, 2.45) is 0 Å². The molecule has 0 amide bonds. The minimum Gasteiger partial charge on any atom is -0.480 e. The Morgan fingerprint density at radius 3 is 1.13 bits per heavy atom. The highest BCUT2D eigenvalue weighted by Crippen LogP contribution is 2.15. The van der Waals surface area contributed by atoms with Gasteiger partial charge < -0.3 is 15.1 Å². The molecule has 5 heteroatoms. The lowest BCUT2D eigenvalue weighted by atomic mass is 10.0. The van der Waals surface area contributed by atoms with Crippen LogP contribution in [0.2, 0.25) is 0 Å². The number of rotatable bonds is 26. The summed E-state index contributed by atoms with van der Waals surface area (Å²) in [5.74, 6) is -0.979. The second kappa shape index (κ2) is 25.3. The van der Waals surface area contributed by atoms with Gasteiger partial charge in [0.1, 0.15) is 12.3 Å². The van der Waals surface area contributed by atoms with Gasteiger partial charge in [-0.3, -0.25) is 4.79 Å². The molecule has 0 aliphatic carbocycles. The summed E-state index contributed by atoms with van der Waals surface area (Å²) in [7, 11) is 0. The second-order valence-corrected chi connectivity index (χ2v) is 9.19. The zero-order chi connectivity index (χ0) is 22.8. The lowest BCUT2D eigenvalue weighted by Crippen LogP contribution is -2.34. The van der Waals surface area contributed by atoms with Crippen LogP contribution in [0.3, 0.4) is 0 Å². The average molecular weight is 442 g/mol. The number of hydrogen-bond acceptors (Lipinski definition) is 4. The molecule has 31 heavy (non-hydrogen) atoms. The lowest BCUT2D eigenvalue weighted by molar-refractivity contribution is -0.142. The van der Waals surface area contributed by atoms with Crippen LogP contribution >= 0.6 is 0 Å². The third-order valence-corrected chi connectivity index (χ3v) is 6.27. The monoisotopic (exact) mass is 441 g/mol. The summed E-state index contributed by atoms with van der Waals surface area (Å²) < 4.78 is 0. The van der Waals surface area contributed by atoms with E-state index in [4.69, 9.17) is 10.3 Å². The topological polar surface area (TPSA) is 86.6 Å². The van der Waals surface area contributed by atoms with E-state index in [1.807, 2.05) is 5.48 Å².